The highest BCUT2D eigenvalue weighted by atomic mass is 19.1. The minimum absolute atomic E-state index is 0.183. The van der Waals surface area contributed by atoms with E-state index in [2.05, 4.69) is 9.72 Å². The van der Waals surface area contributed by atoms with E-state index in [4.69, 9.17) is 0 Å². The highest BCUT2D eigenvalue weighted by molar-refractivity contribution is 5.88. The lowest BCUT2D eigenvalue weighted by atomic mass is 9.87. The van der Waals surface area contributed by atoms with E-state index in [1.807, 2.05) is 0 Å². The molecule has 1 heterocycles. The fourth-order valence-corrected chi connectivity index (χ4v) is 2.85. The number of nitrogens with one attached hydrogen (secondary N) is 1. The Morgan fingerprint density at radius 1 is 0.923 bits per heavy atom. The molecule has 0 aliphatic heterocycles. The molecule has 2 aromatic carbocycles. The van der Waals surface area contributed by atoms with Gasteiger partial charge in [0.25, 0.3) is 5.56 Å². The number of halogens is 2. The summed E-state index contributed by atoms with van der Waals surface area (Å²) in [6.07, 6.45) is 0. The average Bonchev–Trinajstić information content (AvgIpc) is 2.64. The monoisotopic (exact) mass is 355 g/mol. The standard InChI is InChI=1S/C20H15F2NO3/c1-26-20(25)14-10-11-17(23-19(14)24)18(12-6-2-4-8-15(12)21)13-7-3-5-9-16(13)22/h2-11,18H,1H3,(H,23,24). The maximum absolute atomic E-state index is 14.4. The molecule has 0 radical (unpaired) electrons. The molecule has 0 saturated heterocycles. The van der Waals surface area contributed by atoms with Crippen LogP contribution in [0.5, 0.6) is 0 Å². The molecule has 26 heavy (non-hydrogen) atoms. The lowest BCUT2D eigenvalue weighted by Crippen LogP contribution is -2.22. The zero-order valence-corrected chi connectivity index (χ0v) is 13.8. The fraction of sp³-hybridized carbons (Fsp3) is 0.100. The molecule has 0 aliphatic carbocycles. The van der Waals surface area contributed by atoms with Crippen LogP contribution in [0, 0.1) is 11.6 Å². The number of hydrogen-bond donors (Lipinski definition) is 1. The number of pyridine rings is 1. The van der Waals surface area contributed by atoms with Crippen molar-refractivity contribution in [3.63, 3.8) is 0 Å². The Morgan fingerprint density at radius 3 is 1.92 bits per heavy atom. The van der Waals surface area contributed by atoms with Crippen molar-refractivity contribution in [1.29, 1.82) is 0 Å². The van der Waals surface area contributed by atoms with Gasteiger partial charge in [0.05, 0.1) is 13.0 Å². The van der Waals surface area contributed by atoms with Crippen LogP contribution < -0.4 is 5.56 Å². The first-order valence-electron chi connectivity index (χ1n) is 7.83. The Kier molecular flexibility index (Phi) is 4.93. The van der Waals surface area contributed by atoms with Crippen LogP contribution in [0.3, 0.4) is 0 Å². The van der Waals surface area contributed by atoms with Crippen LogP contribution in [0.4, 0.5) is 8.78 Å². The summed E-state index contributed by atoms with van der Waals surface area (Å²) in [7, 11) is 1.16. The van der Waals surface area contributed by atoms with Crippen LogP contribution in [0.1, 0.15) is 33.1 Å². The number of carbonyl (C=O) groups excluding carboxylic acids is 1. The van der Waals surface area contributed by atoms with Crippen molar-refractivity contribution in [2.45, 2.75) is 5.92 Å². The van der Waals surface area contributed by atoms with Crippen LogP contribution in [-0.4, -0.2) is 18.1 Å². The van der Waals surface area contributed by atoms with Crippen molar-refractivity contribution >= 4 is 5.97 Å². The summed E-state index contributed by atoms with van der Waals surface area (Å²) in [4.78, 5) is 26.4. The number of methoxy groups -OCH3 is 1. The number of esters is 1. The largest absolute Gasteiger partial charge is 0.465 e. The van der Waals surface area contributed by atoms with Gasteiger partial charge in [0.15, 0.2) is 0 Å². The van der Waals surface area contributed by atoms with Crippen molar-refractivity contribution in [3.8, 4) is 0 Å². The number of benzene rings is 2. The Hall–Kier alpha value is -3.28. The Labute approximate surface area is 148 Å². The molecule has 3 aromatic rings. The Morgan fingerprint density at radius 2 is 1.46 bits per heavy atom. The van der Waals surface area contributed by atoms with Crippen LogP contribution >= 0.6 is 0 Å². The minimum atomic E-state index is -0.878. The summed E-state index contributed by atoms with van der Waals surface area (Å²) in [5, 5.41) is 0. The quantitative estimate of drug-likeness (QED) is 0.727. The molecule has 3 rings (SSSR count). The van der Waals surface area contributed by atoms with Gasteiger partial charge in [-0.1, -0.05) is 36.4 Å². The third kappa shape index (κ3) is 3.26. The maximum atomic E-state index is 14.4. The molecule has 0 saturated carbocycles. The van der Waals surface area contributed by atoms with E-state index in [1.165, 1.54) is 48.5 Å². The molecule has 0 amide bonds. The highest BCUT2D eigenvalue weighted by Gasteiger charge is 2.24. The van der Waals surface area contributed by atoms with Gasteiger partial charge in [-0.2, -0.15) is 0 Å². The van der Waals surface area contributed by atoms with E-state index in [0.29, 0.717) is 0 Å². The number of H-pyrrole nitrogens is 1. The predicted octanol–water partition coefficient (Wildman–Crippen LogP) is 3.62. The van der Waals surface area contributed by atoms with Crippen LogP contribution in [0.25, 0.3) is 0 Å². The second kappa shape index (κ2) is 7.31. The first kappa shape index (κ1) is 17.5. The van der Waals surface area contributed by atoms with E-state index in [1.54, 1.807) is 12.1 Å². The molecule has 1 aromatic heterocycles. The Balaban J connectivity index is 2.21. The summed E-state index contributed by atoms with van der Waals surface area (Å²) < 4.78 is 33.4. The molecule has 0 aliphatic rings. The van der Waals surface area contributed by atoms with E-state index >= 15 is 0 Å². The van der Waals surface area contributed by atoms with E-state index in [-0.39, 0.29) is 22.4 Å². The zero-order chi connectivity index (χ0) is 18.7. The second-order valence-electron chi connectivity index (χ2n) is 5.62. The third-order valence-corrected chi connectivity index (χ3v) is 4.08. The van der Waals surface area contributed by atoms with E-state index in [0.717, 1.165) is 7.11 Å². The smallest absolute Gasteiger partial charge is 0.343 e. The topological polar surface area (TPSA) is 59.2 Å². The summed E-state index contributed by atoms with van der Waals surface area (Å²) in [5.74, 6) is -2.72. The molecule has 0 spiro atoms. The van der Waals surface area contributed by atoms with E-state index in [9.17, 15) is 18.4 Å². The normalized spacial score (nSPS) is 10.8. The van der Waals surface area contributed by atoms with Crippen molar-refractivity contribution in [2.24, 2.45) is 0 Å². The van der Waals surface area contributed by atoms with Gasteiger partial charge in [0.1, 0.15) is 17.2 Å². The second-order valence-corrected chi connectivity index (χ2v) is 5.62. The summed E-state index contributed by atoms with van der Waals surface area (Å²) in [6.45, 7) is 0. The third-order valence-electron chi connectivity index (χ3n) is 4.08. The number of hydrogen-bond acceptors (Lipinski definition) is 3. The number of carbonyl (C=O) groups is 1. The van der Waals surface area contributed by atoms with Gasteiger partial charge in [0, 0.05) is 16.8 Å². The molecule has 6 heteroatoms. The lowest BCUT2D eigenvalue weighted by molar-refractivity contribution is 0.0598. The SMILES string of the molecule is COC(=O)c1ccc(C(c2ccccc2F)c2ccccc2F)[nH]c1=O. The van der Waals surface area contributed by atoms with Crippen LogP contribution in [-0.2, 0) is 4.74 Å². The lowest BCUT2D eigenvalue weighted by Gasteiger charge is -2.19. The van der Waals surface area contributed by atoms with Crippen LogP contribution in [0.2, 0.25) is 0 Å². The summed E-state index contributed by atoms with van der Waals surface area (Å²) >= 11 is 0. The maximum Gasteiger partial charge on any atom is 0.343 e. The van der Waals surface area contributed by atoms with E-state index < -0.39 is 29.1 Å². The average molecular weight is 355 g/mol. The fourth-order valence-electron chi connectivity index (χ4n) is 2.85. The molecule has 0 bridgehead atoms. The summed E-state index contributed by atoms with van der Waals surface area (Å²) in [6, 6.07) is 14.7. The minimum Gasteiger partial charge on any atom is -0.465 e. The number of rotatable bonds is 4. The van der Waals surface area contributed by atoms with Crippen LogP contribution in [0.15, 0.2) is 65.5 Å². The van der Waals surface area contributed by atoms with Gasteiger partial charge in [-0.25, -0.2) is 13.6 Å². The molecule has 0 atom stereocenters. The van der Waals surface area contributed by atoms with Gasteiger partial charge in [-0.3, -0.25) is 4.79 Å². The molecular formula is C20H15F2NO3. The van der Waals surface area contributed by atoms with Gasteiger partial charge < -0.3 is 9.72 Å². The van der Waals surface area contributed by atoms with Gasteiger partial charge >= 0.3 is 5.97 Å². The first-order chi connectivity index (χ1) is 12.5. The summed E-state index contributed by atoms with van der Waals surface area (Å²) in [5.41, 5.74) is -0.194. The number of aromatic amines is 1. The Bertz CT molecular complexity index is 968. The number of aromatic nitrogens is 1. The highest BCUT2D eigenvalue weighted by Crippen LogP contribution is 2.33. The zero-order valence-electron chi connectivity index (χ0n) is 13.8. The van der Waals surface area contributed by atoms with Gasteiger partial charge in [0.2, 0.25) is 0 Å². The number of ether oxygens (including phenoxy) is 1. The molecule has 132 valence electrons. The van der Waals surface area contributed by atoms with Crippen molar-refractivity contribution in [2.75, 3.05) is 7.11 Å². The first-order valence-corrected chi connectivity index (χ1v) is 7.83. The van der Waals surface area contributed by atoms with Gasteiger partial charge in [-0.15, -0.1) is 0 Å². The van der Waals surface area contributed by atoms with Crippen molar-refractivity contribution in [1.82, 2.24) is 4.98 Å². The molecule has 4 nitrogen and oxygen atoms in total. The van der Waals surface area contributed by atoms with Gasteiger partial charge in [-0.05, 0) is 24.3 Å². The van der Waals surface area contributed by atoms with Crippen molar-refractivity contribution < 1.29 is 18.3 Å². The van der Waals surface area contributed by atoms with Crippen molar-refractivity contribution in [3.05, 3.63) is 105 Å². The predicted molar refractivity (Wildman–Crippen MR) is 92.1 cm³/mol. The molecule has 0 unspecified atom stereocenters. The molecular weight excluding hydrogens is 340 g/mol. The molecule has 1 N–H and O–H groups in total. The molecule has 0 fully saturated rings.